The summed E-state index contributed by atoms with van der Waals surface area (Å²) < 4.78 is 28.2. The maximum atomic E-state index is 13.3. The Hall–Kier alpha value is -3.33. The second kappa shape index (κ2) is 8.66. The molecule has 1 fully saturated rings. The van der Waals surface area contributed by atoms with Gasteiger partial charge in [0.25, 0.3) is 0 Å². The van der Waals surface area contributed by atoms with Gasteiger partial charge in [-0.05, 0) is 54.8 Å². The zero-order valence-electron chi connectivity index (χ0n) is 17.2. The second-order valence-electron chi connectivity index (χ2n) is 7.88. The molecule has 5 rings (SSSR count). The minimum absolute atomic E-state index is 0.0288. The van der Waals surface area contributed by atoms with Crippen LogP contribution in [0, 0.1) is 17.6 Å². The Morgan fingerprint density at radius 3 is 2.78 bits per heavy atom. The van der Waals surface area contributed by atoms with Crippen molar-refractivity contribution in [2.45, 2.75) is 19.4 Å². The van der Waals surface area contributed by atoms with E-state index in [1.54, 1.807) is 28.8 Å². The van der Waals surface area contributed by atoms with E-state index >= 15 is 0 Å². The number of hydrogen-bond donors (Lipinski definition) is 1. The van der Waals surface area contributed by atoms with Crippen molar-refractivity contribution in [3.8, 4) is 11.3 Å². The molecule has 4 aromatic rings. The number of imidazole rings is 1. The summed E-state index contributed by atoms with van der Waals surface area (Å²) in [6.07, 6.45) is 3.53. The third kappa shape index (κ3) is 4.34. The molecule has 1 atom stereocenters. The standard InChI is InChI=1S/C23H21F2N5OS/c24-18-8-6-16(7-9-18)20-14-30-22(27-20)32-23(28-30)29-10-2-4-17(13-29)21(31)26-12-15-3-1-5-19(25)11-15/h1,3,5-9,11,14,17H,2,4,10,12-13H2,(H,26,31)/t17-/m1/s1. The van der Waals surface area contributed by atoms with Gasteiger partial charge in [0.05, 0.1) is 17.8 Å². The fraction of sp³-hybridized carbons (Fsp3) is 0.261. The number of nitrogens with zero attached hydrogens (tertiary/aromatic N) is 4. The van der Waals surface area contributed by atoms with Crippen molar-refractivity contribution in [2.75, 3.05) is 18.0 Å². The summed E-state index contributed by atoms with van der Waals surface area (Å²) in [5, 5.41) is 8.39. The van der Waals surface area contributed by atoms with Crippen LogP contribution in [0.4, 0.5) is 13.9 Å². The normalized spacial score (nSPS) is 16.4. The number of carbonyl (C=O) groups is 1. The minimum Gasteiger partial charge on any atom is -0.352 e. The van der Waals surface area contributed by atoms with E-state index in [9.17, 15) is 13.6 Å². The number of anilines is 1. The summed E-state index contributed by atoms with van der Waals surface area (Å²) in [5.41, 5.74) is 2.31. The van der Waals surface area contributed by atoms with Crippen molar-refractivity contribution in [3.63, 3.8) is 0 Å². The van der Waals surface area contributed by atoms with Gasteiger partial charge in [0.15, 0.2) is 0 Å². The van der Waals surface area contributed by atoms with Gasteiger partial charge in [0, 0.05) is 25.2 Å². The summed E-state index contributed by atoms with van der Waals surface area (Å²) in [6, 6.07) is 12.5. The Morgan fingerprint density at radius 2 is 2.00 bits per heavy atom. The van der Waals surface area contributed by atoms with Gasteiger partial charge in [-0.15, -0.1) is 5.10 Å². The molecule has 0 saturated carbocycles. The first-order valence-corrected chi connectivity index (χ1v) is 11.3. The monoisotopic (exact) mass is 453 g/mol. The molecule has 0 aliphatic carbocycles. The molecule has 6 nitrogen and oxygen atoms in total. The van der Waals surface area contributed by atoms with Crippen LogP contribution in [0.5, 0.6) is 0 Å². The summed E-state index contributed by atoms with van der Waals surface area (Å²) in [6.45, 7) is 1.72. The summed E-state index contributed by atoms with van der Waals surface area (Å²) in [7, 11) is 0. The molecule has 2 aromatic carbocycles. The number of rotatable bonds is 5. The molecule has 9 heteroatoms. The van der Waals surface area contributed by atoms with Crippen LogP contribution in [0.15, 0.2) is 54.7 Å². The number of carbonyl (C=O) groups excluding carboxylic acids is 1. The van der Waals surface area contributed by atoms with E-state index in [1.165, 1.54) is 35.6 Å². The van der Waals surface area contributed by atoms with Gasteiger partial charge in [-0.1, -0.05) is 23.5 Å². The number of fused-ring (bicyclic) bond motifs is 1. The van der Waals surface area contributed by atoms with Crippen molar-refractivity contribution < 1.29 is 13.6 Å². The van der Waals surface area contributed by atoms with E-state index in [0.717, 1.165) is 46.3 Å². The molecule has 1 aliphatic heterocycles. The lowest BCUT2D eigenvalue weighted by atomic mass is 9.97. The average molecular weight is 454 g/mol. The van der Waals surface area contributed by atoms with Gasteiger partial charge in [0.1, 0.15) is 11.6 Å². The number of piperidine rings is 1. The third-order valence-electron chi connectivity index (χ3n) is 5.59. The SMILES string of the molecule is O=C(NCc1cccc(F)c1)[C@@H]1CCCN(c2nn3cc(-c4ccc(F)cc4)nc3s2)C1. The predicted molar refractivity (Wildman–Crippen MR) is 119 cm³/mol. The molecule has 1 saturated heterocycles. The lowest BCUT2D eigenvalue weighted by Crippen LogP contribution is -2.43. The minimum atomic E-state index is -0.308. The number of halogens is 2. The average Bonchev–Trinajstić information content (AvgIpc) is 3.38. The first-order valence-electron chi connectivity index (χ1n) is 10.4. The second-order valence-corrected chi connectivity index (χ2v) is 8.81. The van der Waals surface area contributed by atoms with Crippen LogP contribution < -0.4 is 10.2 Å². The molecule has 3 heterocycles. The van der Waals surface area contributed by atoms with Gasteiger partial charge in [-0.3, -0.25) is 4.79 Å². The highest BCUT2D eigenvalue weighted by Gasteiger charge is 2.28. The van der Waals surface area contributed by atoms with E-state index in [0.29, 0.717) is 13.1 Å². The zero-order chi connectivity index (χ0) is 22.1. The molecule has 1 aliphatic rings. The summed E-state index contributed by atoms with van der Waals surface area (Å²) >= 11 is 1.47. The Morgan fingerprint density at radius 1 is 1.16 bits per heavy atom. The maximum absolute atomic E-state index is 13.3. The van der Waals surface area contributed by atoms with Gasteiger partial charge in [-0.2, -0.15) is 0 Å². The van der Waals surface area contributed by atoms with E-state index in [2.05, 4.69) is 20.3 Å². The highest BCUT2D eigenvalue weighted by molar-refractivity contribution is 7.20. The first-order chi connectivity index (χ1) is 15.5. The number of amides is 1. The molecule has 0 bridgehead atoms. The molecule has 0 radical (unpaired) electrons. The van der Waals surface area contributed by atoms with E-state index in [-0.39, 0.29) is 23.5 Å². The molecule has 0 spiro atoms. The zero-order valence-corrected chi connectivity index (χ0v) is 18.0. The van der Waals surface area contributed by atoms with Crippen LogP contribution in [0.3, 0.4) is 0 Å². The molecular formula is C23H21F2N5OS. The fourth-order valence-corrected chi connectivity index (χ4v) is 4.84. The van der Waals surface area contributed by atoms with Crippen molar-refractivity contribution >= 4 is 27.3 Å². The van der Waals surface area contributed by atoms with E-state index in [4.69, 9.17) is 0 Å². The number of nitrogens with one attached hydrogen (secondary N) is 1. The van der Waals surface area contributed by atoms with Crippen LogP contribution in [0.25, 0.3) is 16.2 Å². The van der Waals surface area contributed by atoms with E-state index in [1.807, 2.05) is 6.20 Å². The number of benzene rings is 2. The van der Waals surface area contributed by atoms with Crippen molar-refractivity contribution in [1.82, 2.24) is 19.9 Å². The van der Waals surface area contributed by atoms with Gasteiger partial charge >= 0.3 is 0 Å². The Kier molecular flexibility index (Phi) is 5.57. The quantitative estimate of drug-likeness (QED) is 0.490. The largest absolute Gasteiger partial charge is 0.352 e. The lowest BCUT2D eigenvalue weighted by molar-refractivity contribution is -0.125. The summed E-state index contributed by atoms with van der Waals surface area (Å²) in [4.78, 5) is 20.2. The molecule has 164 valence electrons. The Bertz CT molecular complexity index is 1220. The molecule has 2 aromatic heterocycles. The molecule has 1 amide bonds. The first kappa shape index (κ1) is 20.6. The van der Waals surface area contributed by atoms with Crippen molar-refractivity contribution in [3.05, 3.63) is 71.9 Å². The highest BCUT2D eigenvalue weighted by atomic mass is 32.1. The smallest absolute Gasteiger partial charge is 0.225 e. The van der Waals surface area contributed by atoms with Crippen LogP contribution >= 0.6 is 11.3 Å². The topological polar surface area (TPSA) is 62.5 Å². The Balaban J connectivity index is 1.25. The summed E-state index contributed by atoms with van der Waals surface area (Å²) in [5.74, 6) is -0.769. The lowest BCUT2D eigenvalue weighted by Gasteiger charge is -2.31. The third-order valence-corrected chi connectivity index (χ3v) is 6.57. The number of hydrogen-bond acceptors (Lipinski definition) is 5. The number of aromatic nitrogens is 3. The fourth-order valence-electron chi connectivity index (χ4n) is 3.92. The van der Waals surface area contributed by atoms with Gasteiger partial charge < -0.3 is 10.2 Å². The highest BCUT2D eigenvalue weighted by Crippen LogP contribution is 2.30. The maximum Gasteiger partial charge on any atom is 0.225 e. The molecular weight excluding hydrogens is 432 g/mol. The van der Waals surface area contributed by atoms with Gasteiger partial charge in [-0.25, -0.2) is 18.3 Å². The van der Waals surface area contributed by atoms with Gasteiger partial charge in [0.2, 0.25) is 16.0 Å². The molecule has 1 N–H and O–H groups in total. The van der Waals surface area contributed by atoms with Crippen molar-refractivity contribution in [1.29, 1.82) is 0 Å². The van der Waals surface area contributed by atoms with Crippen LogP contribution in [-0.4, -0.2) is 33.6 Å². The van der Waals surface area contributed by atoms with Crippen molar-refractivity contribution in [2.24, 2.45) is 5.92 Å². The molecule has 0 unspecified atom stereocenters. The van der Waals surface area contributed by atoms with Crippen LogP contribution in [-0.2, 0) is 11.3 Å². The predicted octanol–water partition coefficient (Wildman–Crippen LogP) is 4.27. The van der Waals surface area contributed by atoms with Crippen LogP contribution in [0.1, 0.15) is 18.4 Å². The van der Waals surface area contributed by atoms with Crippen LogP contribution in [0.2, 0.25) is 0 Å². The Labute approximate surface area is 187 Å². The molecule has 32 heavy (non-hydrogen) atoms. The van der Waals surface area contributed by atoms with E-state index < -0.39 is 0 Å².